The minimum absolute atomic E-state index is 0.00256. The second-order valence-corrected chi connectivity index (χ2v) is 5.58. The van der Waals surface area contributed by atoms with Crippen LogP contribution in [0.1, 0.15) is 16.7 Å². The maximum Gasteiger partial charge on any atom is 0.241 e. The van der Waals surface area contributed by atoms with Gasteiger partial charge in [-0.05, 0) is 48.2 Å². The summed E-state index contributed by atoms with van der Waals surface area (Å²) in [7, 11) is 1.64. The molecule has 2 aromatic rings. The summed E-state index contributed by atoms with van der Waals surface area (Å²) in [6.07, 6.45) is 0.719. The Labute approximate surface area is 130 Å². The van der Waals surface area contributed by atoms with Crippen LogP contribution in [0.5, 0.6) is 5.75 Å². The number of anilines is 1. The van der Waals surface area contributed by atoms with E-state index in [-0.39, 0.29) is 11.9 Å². The topological polar surface area (TPSA) is 50.4 Å². The number of carbonyl (C=O) groups excluding carboxylic acids is 1. The molecule has 0 aliphatic carbocycles. The molecular formula is C18H20N2O2. The Morgan fingerprint density at radius 2 is 2.00 bits per heavy atom. The van der Waals surface area contributed by atoms with Gasteiger partial charge >= 0.3 is 0 Å². The van der Waals surface area contributed by atoms with E-state index in [0.29, 0.717) is 0 Å². The first-order valence-electron chi connectivity index (χ1n) is 7.43. The number of methoxy groups -OCH3 is 1. The highest BCUT2D eigenvalue weighted by molar-refractivity contribution is 5.95. The normalized spacial score (nSPS) is 16.7. The number of nitrogens with one attached hydrogen (secondary N) is 2. The number of rotatable bonds is 3. The quantitative estimate of drug-likeness (QED) is 0.915. The summed E-state index contributed by atoms with van der Waals surface area (Å²) in [5.74, 6) is 0.794. The summed E-state index contributed by atoms with van der Waals surface area (Å²) in [6.45, 7) is 2.69. The minimum atomic E-state index is -0.198. The van der Waals surface area contributed by atoms with Gasteiger partial charge < -0.3 is 15.4 Å². The molecule has 0 aromatic heterocycles. The van der Waals surface area contributed by atoms with E-state index in [9.17, 15) is 4.79 Å². The van der Waals surface area contributed by atoms with Gasteiger partial charge in [0.25, 0.3) is 0 Å². The number of ether oxygens (including phenoxy) is 1. The zero-order chi connectivity index (χ0) is 15.5. The second kappa shape index (κ2) is 6.20. The van der Waals surface area contributed by atoms with Crippen molar-refractivity contribution in [3.8, 4) is 5.75 Å². The van der Waals surface area contributed by atoms with Crippen LogP contribution in [0.15, 0.2) is 42.5 Å². The predicted molar refractivity (Wildman–Crippen MR) is 87.1 cm³/mol. The minimum Gasteiger partial charge on any atom is -0.497 e. The van der Waals surface area contributed by atoms with E-state index in [1.807, 2.05) is 37.3 Å². The van der Waals surface area contributed by atoms with E-state index in [2.05, 4.69) is 22.8 Å². The number of amides is 1. The highest BCUT2D eigenvalue weighted by Gasteiger charge is 2.24. The van der Waals surface area contributed by atoms with Crippen molar-refractivity contribution in [3.63, 3.8) is 0 Å². The molecule has 114 valence electrons. The van der Waals surface area contributed by atoms with Crippen LogP contribution in [0.4, 0.5) is 5.69 Å². The fraction of sp³-hybridized carbons (Fsp3) is 0.278. The summed E-state index contributed by atoms with van der Waals surface area (Å²) >= 11 is 0. The van der Waals surface area contributed by atoms with Crippen molar-refractivity contribution < 1.29 is 9.53 Å². The van der Waals surface area contributed by atoms with Crippen molar-refractivity contribution in [1.29, 1.82) is 0 Å². The number of aryl methyl sites for hydroxylation is 1. The van der Waals surface area contributed by atoms with Gasteiger partial charge in [0.15, 0.2) is 0 Å². The Bertz CT molecular complexity index is 697. The lowest BCUT2D eigenvalue weighted by Gasteiger charge is -2.25. The van der Waals surface area contributed by atoms with Crippen LogP contribution in [0.2, 0.25) is 0 Å². The molecular weight excluding hydrogens is 276 g/mol. The molecule has 1 amide bonds. The smallest absolute Gasteiger partial charge is 0.241 e. The van der Waals surface area contributed by atoms with Crippen molar-refractivity contribution in [2.45, 2.75) is 25.9 Å². The van der Waals surface area contributed by atoms with Gasteiger partial charge in [-0.25, -0.2) is 0 Å². The molecule has 0 saturated carbocycles. The van der Waals surface area contributed by atoms with E-state index in [0.717, 1.165) is 30.0 Å². The monoisotopic (exact) mass is 296 g/mol. The molecule has 0 spiro atoms. The average molecular weight is 296 g/mol. The zero-order valence-electron chi connectivity index (χ0n) is 12.8. The van der Waals surface area contributed by atoms with Crippen LogP contribution in [0.25, 0.3) is 0 Å². The molecule has 0 bridgehead atoms. The standard InChI is InChI=1S/C18H20N2O2/c1-12-9-15(22-2)7-8-16(12)20-18(21)17-10-13-5-3-4-6-14(13)11-19-17/h3-9,17,19H,10-11H2,1-2H3,(H,20,21). The van der Waals surface area contributed by atoms with E-state index in [1.165, 1.54) is 11.1 Å². The van der Waals surface area contributed by atoms with Gasteiger partial charge in [-0.1, -0.05) is 24.3 Å². The molecule has 0 saturated heterocycles. The van der Waals surface area contributed by atoms with Gasteiger partial charge in [0.2, 0.25) is 5.91 Å². The molecule has 0 radical (unpaired) electrons. The molecule has 4 heteroatoms. The maximum atomic E-state index is 12.5. The van der Waals surface area contributed by atoms with Crippen molar-refractivity contribution in [3.05, 3.63) is 59.2 Å². The van der Waals surface area contributed by atoms with E-state index < -0.39 is 0 Å². The first-order chi connectivity index (χ1) is 10.7. The third-order valence-corrected chi connectivity index (χ3v) is 4.09. The molecule has 0 fully saturated rings. The molecule has 1 atom stereocenters. The lowest BCUT2D eigenvalue weighted by molar-refractivity contribution is -0.118. The summed E-state index contributed by atoms with van der Waals surface area (Å²) in [4.78, 5) is 12.5. The van der Waals surface area contributed by atoms with Crippen LogP contribution in [-0.2, 0) is 17.8 Å². The van der Waals surface area contributed by atoms with Crippen LogP contribution in [0.3, 0.4) is 0 Å². The number of hydrogen-bond donors (Lipinski definition) is 2. The molecule has 1 aliphatic rings. The number of carbonyl (C=O) groups is 1. The SMILES string of the molecule is COc1ccc(NC(=O)C2Cc3ccccc3CN2)c(C)c1. The van der Waals surface area contributed by atoms with Gasteiger partial charge in [-0.2, -0.15) is 0 Å². The summed E-state index contributed by atoms with van der Waals surface area (Å²) in [5, 5.41) is 6.31. The Morgan fingerprint density at radius 3 is 2.73 bits per heavy atom. The molecule has 2 aromatic carbocycles. The summed E-state index contributed by atoms with van der Waals surface area (Å²) < 4.78 is 5.19. The number of benzene rings is 2. The van der Waals surface area contributed by atoms with Crippen LogP contribution in [-0.4, -0.2) is 19.1 Å². The van der Waals surface area contributed by atoms with Crippen molar-refractivity contribution >= 4 is 11.6 Å². The second-order valence-electron chi connectivity index (χ2n) is 5.58. The average Bonchev–Trinajstić information content (AvgIpc) is 2.56. The van der Waals surface area contributed by atoms with Gasteiger partial charge in [-0.15, -0.1) is 0 Å². The summed E-state index contributed by atoms with van der Waals surface area (Å²) in [5.41, 5.74) is 4.33. The first kappa shape index (κ1) is 14.6. The highest BCUT2D eigenvalue weighted by Crippen LogP contribution is 2.22. The van der Waals surface area contributed by atoms with Crippen molar-refractivity contribution in [2.75, 3.05) is 12.4 Å². The number of fused-ring (bicyclic) bond motifs is 1. The highest BCUT2D eigenvalue weighted by atomic mass is 16.5. The van der Waals surface area contributed by atoms with Crippen molar-refractivity contribution in [1.82, 2.24) is 5.32 Å². The Kier molecular flexibility index (Phi) is 4.11. The molecule has 2 N–H and O–H groups in total. The third-order valence-electron chi connectivity index (χ3n) is 4.09. The van der Waals surface area contributed by atoms with Gasteiger partial charge in [-0.3, -0.25) is 4.79 Å². The fourth-order valence-electron chi connectivity index (χ4n) is 2.76. The predicted octanol–water partition coefficient (Wildman–Crippen LogP) is 2.66. The summed E-state index contributed by atoms with van der Waals surface area (Å²) in [6, 6.07) is 13.7. The Hall–Kier alpha value is -2.33. The molecule has 1 unspecified atom stereocenters. The molecule has 22 heavy (non-hydrogen) atoms. The lowest BCUT2D eigenvalue weighted by Crippen LogP contribution is -2.44. The fourth-order valence-corrected chi connectivity index (χ4v) is 2.76. The molecule has 1 heterocycles. The van der Waals surface area contributed by atoms with Crippen molar-refractivity contribution in [2.24, 2.45) is 0 Å². The largest absolute Gasteiger partial charge is 0.497 e. The molecule has 3 rings (SSSR count). The molecule has 4 nitrogen and oxygen atoms in total. The third kappa shape index (κ3) is 2.97. The molecule has 1 aliphatic heterocycles. The Morgan fingerprint density at radius 1 is 1.23 bits per heavy atom. The van der Waals surface area contributed by atoms with E-state index in [4.69, 9.17) is 4.74 Å². The van der Waals surface area contributed by atoms with E-state index >= 15 is 0 Å². The van der Waals surface area contributed by atoms with Crippen LogP contribution < -0.4 is 15.4 Å². The van der Waals surface area contributed by atoms with Crippen LogP contribution >= 0.6 is 0 Å². The zero-order valence-corrected chi connectivity index (χ0v) is 12.8. The lowest BCUT2D eigenvalue weighted by atomic mass is 9.95. The maximum absolute atomic E-state index is 12.5. The number of hydrogen-bond acceptors (Lipinski definition) is 3. The van der Waals surface area contributed by atoms with Gasteiger partial charge in [0.05, 0.1) is 13.2 Å². The Balaban J connectivity index is 1.71. The van der Waals surface area contributed by atoms with Crippen LogP contribution in [0, 0.1) is 6.92 Å². The first-order valence-corrected chi connectivity index (χ1v) is 7.43. The van der Waals surface area contributed by atoms with E-state index in [1.54, 1.807) is 7.11 Å². The van der Waals surface area contributed by atoms with Gasteiger partial charge in [0, 0.05) is 12.2 Å². The van der Waals surface area contributed by atoms with Gasteiger partial charge in [0.1, 0.15) is 5.75 Å².